The van der Waals surface area contributed by atoms with Gasteiger partial charge in [-0.1, -0.05) is 0 Å². The Morgan fingerprint density at radius 1 is 1.20 bits per heavy atom. The highest BCUT2D eigenvalue weighted by Gasteiger charge is 2.21. The molecule has 3 N–H and O–H groups in total. The van der Waals surface area contributed by atoms with Crippen molar-refractivity contribution >= 4 is 5.82 Å². The van der Waals surface area contributed by atoms with Crippen LogP contribution in [0.25, 0.3) is 11.4 Å². The van der Waals surface area contributed by atoms with Crippen molar-refractivity contribution in [2.45, 2.75) is 0 Å². The monoisotopic (exact) mass is 214 g/mol. The Balaban J connectivity index is 2.75. The highest BCUT2D eigenvalue weighted by molar-refractivity contribution is 5.60. The summed E-state index contributed by atoms with van der Waals surface area (Å²) in [5, 5.41) is 0. The average molecular weight is 214 g/mol. The molecule has 0 atom stereocenters. The molecule has 0 saturated heterocycles. The van der Waals surface area contributed by atoms with Crippen LogP contribution in [0.4, 0.5) is 19.0 Å². The predicted octanol–water partition coefficient (Wildman–Crippen LogP) is 1.47. The Labute approximate surface area is 82.0 Å². The number of hydrogen-bond donors (Lipinski definition) is 2. The minimum absolute atomic E-state index is 0.141. The second-order valence-electron chi connectivity index (χ2n) is 2.73. The molecule has 0 aliphatic carbocycles. The van der Waals surface area contributed by atoms with Crippen LogP contribution in [-0.4, -0.2) is 15.0 Å². The number of rotatable bonds is 1. The Bertz CT molecular complexity index is 469. The van der Waals surface area contributed by atoms with E-state index < -0.39 is 29.0 Å². The molecule has 2 heterocycles. The van der Waals surface area contributed by atoms with Crippen molar-refractivity contribution in [3.05, 3.63) is 30.0 Å². The van der Waals surface area contributed by atoms with E-state index in [9.17, 15) is 13.2 Å². The topological polar surface area (TPSA) is 67.6 Å². The summed E-state index contributed by atoms with van der Waals surface area (Å²) in [4.78, 5) is 8.92. The first-order valence-electron chi connectivity index (χ1n) is 3.91. The fourth-order valence-electron chi connectivity index (χ4n) is 1.14. The van der Waals surface area contributed by atoms with Crippen LogP contribution in [0.15, 0.2) is 12.4 Å². The van der Waals surface area contributed by atoms with Gasteiger partial charge in [0.05, 0.1) is 5.56 Å². The number of nitrogens with one attached hydrogen (secondary N) is 1. The number of nitrogens with zero attached hydrogens (tertiary/aromatic N) is 2. The number of nitrogens with two attached hydrogens (primary N) is 1. The Morgan fingerprint density at radius 3 is 2.53 bits per heavy atom. The van der Waals surface area contributed by atoms with Crippen molar-refractivity contribution in [1.82, 2.24) is 15.0 Å². The normalized spacial score (nSPS) is 10.6. The van der Waals surface area contributed by atoms with E-state index in [-0.39, 0.29) is 5.82 Å². The van der Waals surface area contributed by atoms with Crippen LogP contribution in [0, 0.1) is 17.6 Å². The van der Waals surface area contributed by atoms with Crippen LogP contribution in [0.5, 0.6) is 0 Å². The van der Waals surface area contributed by atoms with Crippen LogP contribution in [0.3, 0.4) is 0 Å². The summed E-state index contributed by atoms with van der Waals surface area (Å²) in [5.41, 5.74) is 4.41. The van der Waals surface area contributed by atoms with E-state index in [2.05, 4.69) is 15.0 Å². The van der Waals surface area contributed by atoms with E-state index in [1.54, 1.807) is 0 Å². The summed E-state index contributed by atoms with van der Waals surface area (Å²) in [5.74, 6) is -4.86. The van der Waals surface area contributed by atoms with Gasteiger partial charge in [-0.2, -0.15) is 9.37 Å². The van der Waals surface area contributed by atoms with Gasteiger partial charge in [-0.25, -0.2) is 13.8 Å². The van der Waals surface area contributed by atoms with Gasteiger partial charge in [0.25, 0.3) is 5.95 Å². The highest BCUT2D eigenvalue weighted by Crippen LogP contribution is 2.26. The maximum absolute atomic E-state index is 13.4. The van der Waals surface area contributed by atoms with Gasteiger partial charge in [-0.15, -0.1) is 0 Å². The Kier molecular flexibility index (Phi) is 2.07. The predicted molar refractivity (Wildman–Crippen MR) is 46.1 cm³/mol. The van der Waals surface area contributed by atoms with Gasteiger partial charge in [0.2, 0.25) is 0 Å². The molecule has 15 heavy (non-hydrogen) atoms. The second kappa shape index (κ2) is 3.26. The zero-order valence-corrected chi connectivity index (χ0v) is 7.26. The molecule has 0 saturated carbocycles. The van der Waals surface area contributed by atoms with Crippen LogP contribution >= 0.6 is 0 Å². The van der Waals surface area contributed by atoms with Gasteiger partial charge >= 0.3 is 0 Å². The molecule has 0 aliphatic rings. The number of anilines is 1. The fourth-order valence-corrected chi connectivity index (χ4v) is 1.14. The number of hydrogen-bond acceptors (Lipinski definition) is 3. The third-order valence-corrected chi connectivity index (χ3v) is 1.80. The molecule has 2 aromatic heterocycles. The van der Waals surface area contributed by atoms with E-state index in [1.807, 2.05) is 0 Å². The minimum Gasteiger partial charge on any atom is -0.381 e. The maximum atomic E-state index is 13.4. The summed E-state index contributed by atoms with van der Waals surface area (Å²) in [6.45, 7) is 0. The number of halogens is 3. The van der Waals surface area contributed by atoms with Crippen LogP contribution < -0.4 is 5.73 Å². The van der Waals surface area contributed by atoms with E-state index in [4.69, 9.17) is 5.73 Å². The van der Waals surface area contributed by atoms with Crippen molar-refractivity contribution in [3.63, 3.8) is 0 Å². The Morgan fingerprint density at radius 2 is 1.93 bits per heavy atom. The minimum atomic E-state index is -1.46. The molecule has 4 nitrogen and oxygen atoms in total. The lowest BCUT2D eigenvalue weighted by Crippen LogP contribution is -2.05. The smallest absolute Gasteiger partial charge is 0.251 e. The van der Waals surface area contributed by atoms with E-state index >= 15 is 0 Å². The SMILES string of the molecule is Nc1nc(F)c(F)c(-c2ncc[nH]2)c1F. The number of aromatic amines is 1. The van der Waals surface area contributed by atoms with E-state index in [0.29, 0.717) is 0 Å². The van der Waals surface area contributed by atoms with Crippen LogP contribution in [-0.2, 0) is 0 Å². The lowest BCUT2D eigenvalue weighted by atomic mass is 10.2. The molecule has 78 valence electrons. The number of nitrogen functional groups attached to an aromatic ring is 1. The molecule has 7 heteroatoms. The molecule has 0 amide bonds. The standard InChI is InChI=1S/C8H5F3N4/c9-4-3(8-13-1-2-14-8)5(10)7(12)15-6(4)11/h1-2H,(H2,12,15)(H,13,14). The molecule has 2 rings (SSSR count). The molecule has 0 bridgehead atoms. The lowest BCUT2D eigenvalue weighted by molar-refractivity contribution is 0.470. The van der Waals surface area contributed by atoms with Crippen molar-refractivity contribution in [1.29, 1.82) is 0 Å². The van der Waals surface area contributed by atoms with Gasteiger partial charge < -0.3 is 10.7 Å². The zero-order valence-electron chi connectivity index (χ0n) is 7.26. The van der Waals surface area contributed by atoms with Crippen LogP contribution in [0.2, 0.25) is 0 Å². The van der Waals surface area contributed by atoms with Gasteiger partial charge in [0.1, 0.15) is 5.82 Å². The maximum Gasteiger partial charge on any atom is 0.251 e. The van der Waals surface area contributed by atoms with Crippen molar-refractivity contribution < 1.29 is 13.2 Å². The van der Waals surface area contributed by atoms with E-state index in [1.165, 1.54) is 12.4 Å². The summed E-state index contributed by atoms with van der Waals surface area (Å²) in [6.07, 6.45) is 2.63. The second-order valence-corrected chi connectivity index (χ2v) is 2.73. The van der Waals surface area contributed by atoms with Gasteiger partial charge in [0.15, 0.2) is 17.5 Å². The lowest BCUT2D eigenvalue weighted by Gasteiger charge is -2.04. The molecule has 0 aromatic carbocycles. The average Bonchev–Trinajstić information content (AvgIpc) is 2.69. The third kappa shape index (κ3) is 1.41. The third-order valence-electron chi connectivity index (χ3n) is 1.80. The quantitative estimate of drug-likeness (QED) is 0.706. The van der Waals surface area contributed by atoms with Gasteiger partial charge in [-0.05, 0) is 0 Å². The molecule has 0 unspecified atom stereocenters. The molecular formula is C8H5F3N4. The molecule has 0 spiro atoms. The number of imidazole rings is 1. The summed E-state index contributed by atoms with van der Waals surface area (Å²) in [7, 11) is 0. The van der Waals surface area contributed by atoms with Crippen molar-refractivity contribution in [2.24, 2.45) is 0 Å². The van der Waals surface area contributed by atoms with E-state index in [0.717, 1.165) is 0 Å². The Hall–Kier alpha value is -2.05. The summed E-state index contributed by atoms with van der Waals surface area (Å²) < 4.78 is 39.4. The molecule has 0 fully saturated rings. The molecular weight excluding hydrogens is 209 g/mol. The number of H-pyrrole nitrogens is 1. The van der Waals surface area contributed by atoms with Crippen LogP contribution in [0.1, 0.15) is 0 Å². The highest BCUT2D eigenvalue weighted by atomic mass is 19.2. The molecule has 2 aromatic rings. The van der Waals surface area contributed by atoms with Crippen molar-refractivity contribution in [2.75, 3.05) is 5.73 Å². The van der Waals surface area contributed by atoms with Crippen molar-refractivity contribution in [3.8, 4) is 11.4 Å². The molecule has 0 radical (unpaired) electrons. The zero-order chi connectivity index (χ0) is 11.0. The number of pyridine rings is 1. The first kappa shape index (κ1) is 9.50. The van der Waals surface area contributed by atoms with Gasteiger partial charge in [-0.3, -0.25) is 0 Å². The largest absolute Gasteiger partial charge is 0.381 e. The van der Waals surface area contributed by atoms with Gasteiger partial charge in [0, 0.05) is 12.4 Å². The number of aromatic nitrogens is 3. The first-order chi connectivity index (χ1) is 7.11. The molecule has 0 aliphatic heterocycles. The summed E-state index contributed by atoms with van der Waals surface area (Å²) >= 11 is 0. The fraction of sp³-hybridized carbons (Fsp3) is 0. The first-order valence-corrected chi connectivity index (χ1v) is 3.91. The summed E-state index contributed by atoms with van der Waals surface area (Å²) in [6, 6.07) is 0.